The standard InChI is InChI=1S/C19H19NO4/c1-22-15-7-3-13(4-8-15)18-19(24-17(20-18)11-12-21)14-5-9-16(23-2)10-6-14/h3-10,21H,11-12H2,1-2H3. The lowest BCUT2D eigenvalue weighted by atomic mass is 10.1. The zero-order chi connectivity index (χ0) is 16.9. The van der Waals surface area contributed by atoms with Crippen molar-refractivity contribution < 1.29 is 19.0 Å². The van der Waals surface area contributed by atoms with Crippen molar-refractivity contribution in [1.29, 1.82) is 0 Å². The highest BCUT2D eigenvalue weighted by atomic mass is 16.5. The molecular weight excluding hydrogens is 306 g/mol. The van der Waals surface area contributed by atoms with Crippen LogP contribution in [0.4, 0.5) is 0 Å². The van der Waals surface area contributed by atoms with Crippen LogP contribution in [0.15, 0.2) is 52.9 Å². The Morgan fingerprint density at radius 1 is 0.875 bits per heavy atom. The zero-order valence-electron chi connectivity index (χ0n) is 13.7. The summed E-state index contributed by atoms with van der Waals surface area (Å²) in [6.07, 6.45) is 0.374. The summed E-state index contributed by atoms with van der Waals surface area (Å²) in [5.74, 6) is 2.74. The maximum Gasteiger partial charge on any atom is 0.197 e. The molecule has 3 rings (SSSR count). The molecular formula is C19H19NO4. The average Bonchev–Trinajstić information content (AvgIpc) is 3.06. The number of benzene rings is 2. The molecule has 1 heterocycles. The van der Waals surface area contributed by atoms with E-state index in [0.717, 1.165) is 28.3 Å². The minimum atomic E-state index is -0.00931. The largest absolute Gasteiger partial charge is 0.497 e. The number of rotatable bonds is 6. The quantitative estimate of drug-likeness (QED) is 0.751. The number of hydrogen-bond donors (Lipinski definition) is 1. The van der Waals surface area contributed by atoms with E-state index in [1.165, 1.54) is 0 Å². The first-order valence-electron chi connectivity index (χ1n) is 7.64. The summed E-state index contributed by atoms with van der Waals surface area (Å²) < 4.78 is 16.3. The molecule has 0 aliphatic heterocycles. The van der Waals surface area contributed by atoms with Gasteiger partial charge in [-0.3, -0.25) is 0 Å². The van der Waals surface area contributed by atoms with Crippen molar-refractivity contribution >= 4 is 0 Å². The molecule has 0 aliphatic carbocycles. The van der Waals surface area contributed by atoms with Crippen molar-refractivity contribution in [3.8, 4) is 34.1 Å². The summed E-state index contributed by atoms with van der Waals surface area (Å²) in [4.78, 5) is 4.55. The molecule has 0 amide bonds. The van der Waals surface area contributed by atoms with E-state index in [9.17, 15) is 0 Å². The molecule has 2 aromatic carbocycles. The smallest absolute Gasteiger partial charge is 0.197 e. The van der Waals surface area contributed by atoms with E-state index >= 15 is 0 Å². The highest BCUT2D eigenvalue weighted by molar-refractivity contribution is 5.77. The van der Waals surface area contributed by atoms with Gasteiger partial charge in [0.1, 0.15) is 17.2 Å². The zero-order valence-corrected chi connectivity index (χ0v) is 13.7. The van der Waals surface area contributed by atoms with E-state index in [-0.39, 0.29) is 6.61 Å². The maximum absolute atomic E-state index is 9.16. The van der Waals surface area contributed by atoms with Crippen LogP contribution in [0, 0.1) is 0 Å². The van der Waals surface area contributed by atoms with Crippen LogP contribution < -0.4 is 9.47 Å². The van der Waals surface area contributed by atoms with E-state index in [4.69, 9.17) is 19.0 Å². The molecule has 0 atom stereocenters. The van der Waals surface area contributed by atoms with Gasteiger partial charge in [-0.15, -0.1) is 0 Å². The minimum absolute atomic E-state index is 0.00931. The van der Waals surface area contributed by atoms with Crippen molar-refractivity contribution in [3.63, 3.8) is 0 Å². The average molecular weight is 325 g/mol. The van der Waals surface area contributed by atoms with E-state index in [0.29, 0.717) is 18.1 Å². The third kappa shape index (κ3) is 3.26. The molecule has 24 heavy (non-hydrogen) atoms. The van der Waals surface area contributed by atoms with Gasteiger partial charge in [-0.1, -0.05) is 0 Å². The molecule has 0 spiro atoms. The lowest BCUT2D eigenvalue weighted by molar-refractivity contribution is 0.285. The summed E-state index contributed by atoms with van der Waals surface area (Å²) >= 11 is 0. The van der Waals surface area contributed by atoms with Crippen molar-refractivity contribution in [3.05, 3.63) is 54.4 Å². The summed E-state index contributed by atoms with van der Waals surface area (Å²) in [5.41, 5.74) is 2.57. The van der Waals surface area contributed by atoms with E-state index in [2.05, 4.69) is 4.98 Å². The second kappa shape index (κ2) is 7.19. The normalized spacial score (nSPS) is 10.6. The number of ether oxygens (including phenoxy) is 2. The van der Waals surface area contributed by atoms with Gasteiger partial charge in [0.05, 0.1) is 20.8 Å². The van der Waals surface area contributed by atoms with E-state index < -0.39 is 0 Å². The molecule has 0 bridgehead atoms. The maximum atomic E-state index is 9.16. The van der Waals surface area contributed by atoms with Crippen LogP contribution >= 0.6 is 0 Å². The lowest BCUT2D eigenvalue weighted by Crippen LogP contribution is -1.90. The van der Waals surface area contributed by atoms with Crippen molar-refractivity contribution in [2.75, 3.05) is 20.8 Å². The molecule has 0 aliphatic rings. The Balaban J connectivity index is 2.05. The van der Waals surface area contributed by atoms with E-state index in [1.807, 2.05) is 48.5 Å². The number of oxazole rings is 1. The van der Waals surface area contributed by atoms with Gasteiger partial charge in [0.25, 0.3) is 0 Å². The Morgan fingerprint density at radius 2 is 1.42 bits per heavy atom. The fraction of sp³-hybridized carbons (Fsp3) is 0.211. The Bertz CT molecular complexity index is 726. The number of methoxy groups -OCH3 is 2. The molecule has 1 N–H and O–H groups in total. The Kier molecular flexibility index (Phi) is 4.82. The predicted molar refractivity (Wildman–Crippen MR) is 91.3 cm³/mol. The van der Waals surface area contributed by atoms with Gasteiger partial charge in [-0.05, 0) is 48.5 Å². The van der Waals surface area contributed by atoms with Gasteiger partial charge >= 0.3 is 0 Å². The third-order valence-electron chi connectivity index (χ3n) is 3.71. The molecule has 0 saturated carbocycles. The van der Waals surface area contributed by atoms with Gasteiger partial charge in [0.2, 0.25) is 0 Å². The third-order valence-corrected chi connectivity index (χ3v) is 3.71. The highest BCUT2D eigenvalue weighted by Crippen LogP contribution is 2.34. The van der Waals surface area contributed by atoms with E-state index in [1.54, 1.807) is 14.2 Å². The van der Waals surface area contributed by atoms with Crippen LogP contribution in [-0.2, 0) is 6.42 Å². The Hall–Kier alpha value is -2.79. The Morgan fingerprint density at radius 3 is 1.92 bits per heavy atom. The lowest BCUT2D eigenvalue weighted by Gasteiger charge is -2.04. The highest BCUT2D eigenvalue weighted by Gasteiger charge is 2.17. The van der Waals surface area contributed by atoms with Crippen LogP contribution in [0.1, 0.15) is 5.89 Å². The summed E-state index contributed by atoms with van der Waals surface area (Å²) in [7, 11) is 3.26. The topological polar surface area (TPSA) is 64.7 Å². The molecule has 0 unspecified atom stereocenters. The first-order valence-corrected chi connectivity index (χ1v) is 7.64. The summed E-state index contributed by atoms with van der Waals surface area (Å²) in [6.45, 7) is -0.00931. The SMILES string of the molecule is COc1ccc(-c2nc(CCO)oc2-c2ccc(OC)cc2)cc1. The number of aliphatic hydroxyl groups is 1. The number of hydrogen-bond acceptors (Lipinski definition) is 5. The molecule has 1 aromatic heterocycles. The summed E-state index contributed by atoms with van der Waals surface area (Å²) in [6, 6.07) is 15.2. The molecule has 3 aromatic rings. The Labute approximate surface area is 140 Å². The minimum Gasteiger partial charge on any atom is -0.497 e. The molecule has 124 valence electrons. The van der Waals surface area contributed by atoms with Crippen molar-refractivity contribution in [2.24, 2.45) is 0 Å². The van der Waals surface area contributed by atoms with Crippen LogP contribution in [-0.4, -0.2) is 30.9 Å². The monoisotopic (exact) mass is 325 g/mol. The second-order valence-corrected chi connectivity index (χ2v) is 5.22. The fourth-order valence-electron chi connectivity index (χ4n) is 2.45. The molecule has 0 radical (unpaired) electrons. The first-order chi connectivity index (χ1) is 11.7. The predicted octanol–water partition coefficient (Wildman–Crippen LogP) is 3.56. The molecule has 5 heteroatoms. The molecule has 0 fully saturated rings. The van der Waals surface area contributed by atoms with Crippen LogP contribution in [0.3, 0.4) is 0 Å². The summed E-state index contributed by atoms with van der Waals surface area (Å²) in [5, 5.41) is 9.16. The number of aromatic nitrogens is 1. The van der Waals surface area contributed by atoms with Crippen molar-refractivity contribution in [1.82, 2.24) is 4.98 Å². The first kappa shape index (κ1) is 16.1. The van der Waals surface area contributed by atoms with Gasteiger partial charge in [-0.2, -0.15) is 0 Å². The van der Waals surface area contributed by atoms with Gasteiger partial charge in [0, 0.05) is 17.5 Å². The van der Waals surface area contributed by atoms with Crippen LogP contribution in [0.2, 0.25) is 0 Å². The van der Waals surface area contributed by atoms with Gasteiger partial charge in [0.15, 0.2) is 11.7 Å². The second-order valence-electron chi connectivity index (χ2n) is 5.22. The van der Waals surface area contributed by atoms with Crippen LogP contribution in [0.25, 0.3) is 22.6 Å². The van der Waals surface area contributed by atoms with Gasteiger partial charge < -0.3 is 19.0 Å². The van der Waals surface area contributed by atoms with Crippen molar-refractivity contribution in [2.45, 2.75) is 6.42 Å². The number of aliphatic hydroxyl groups excluding tert-OH is 1. The molecule has 5 nitrogen and oxygen atoms in total. The van der Waals surface area contributed by atoms with Crippen LogP contribution in [0.5, 0.6) is 11.5 Å². The van der Waals surface area contributed by atoms with Gasteiger partial charge in [-0.25, -0.2) is 4.98 Å². The molecule has 0 saturated heterocycles. The number of nitrogens with zero attached hydrogens (tertiary/aromatic N) is 1. The fourth-order valence-corrected chi connectivity index (χ4v) is 2.45.